The molecule has 3 aromatic rings. The first-order valence-electron chi connectivity index (χ1n) is 9.37. The minimum atomic E-state index is 0.209. The van der Waals surface area contributed by atoms with Gasteiger partial charge in [-0.05, 0) is 53.6 Å². The quantitative estimate of drug-likeness (QED) is 0.504. The third-order valence-corrected chi connectivity index (χ3v) is 7.98. The first-order chi connectivity index (χ1) is 12.6. The molecule has 3 aliphatic rings. The number of para-hydroxylation sites is 1. The Balaban J connectivity index is 1.65. The Morgan fingerprint density at radius 1 is 0.962 bits per heavy atom. The van der Waals surface area contributed by atoms with E-state index in [-0.39, 0.29) is 11.0 Å². The lowest BCUT2D eigenvalue weighted by molar-refractivity contribution is 0.487. The van der Waals surface area contributed by atoms with E-state index >= 15 is 0 Å². The molecular formula is C24H21NS. The van der Waals surface area contributed by atoms with Crippen LogP contribution in [-0.2, 0) is 5.41 Å². The topological polar surface area (TPSA) is 3.24 Å². The van der Waals surface area contributed by atoms with Crippen molar-refractivity contribution in [2.24, 2.45) is 0 Å². The van der Waals surface area contributed by atoms with Gasteiger partial charge in [0.25, 0.3) is 0 Å². The van der Waals surface area contributed by atoms with Crippen molar-refractivity contribution in [2.75, 3.05) is 4.90 Å². The Labute approximate surface area is 158 Å². The van der Waals surface area contributed by atoms with Crippen LogP contribution in [0.2, 0.25) is 0 Å². The first kappa shape index (κ1) is 14.8. The molecule has 2 aromatic carbocycles. The van der Waals surface area contributed by atoms with Gasteiger partial charge in [-0.1, -0.05) is 55.5 Å². The van der Waals surface area contributed by atoms with Crippen molar-refractivity contribution >= 4 is 22.6 Å². The maximum atomic E-state index is 2.72. The lowest BCUT2D eigenvalue weighted by Gasteiger charge is -2.47. The van der Waals surface area contributed by atoms with Crippen molar-refractivity contribution in [2.45, 2.75) is 37.3 Å². The van der Waals surface area contributed by atoms with Crippen LogP contribution in [-0.4, -0.2) is 5.54 Å². The Hall–Kier alpha value is -2.32. The van der Waals surface area contributed by atoms with Gasteiger partial charge in [-0.15, -0.1) is 11.3 Å². The van der Waals surface area contributed by atoms with E-state index in [1.54, 1.807) is 5.56 Å². The molecule has 1 saturated carbocycles. The molecule has 1 aromatic heterocycles. The molecule has 2 aliphatic heterocycles. The second-order valence-corrected chi connectivity index (χ2v) is 9.21. The summed E-state index contributed by atoms with van der Waals surface area (Å²) in [6.07, 6.45) is 3.75. The number of hydrogen-bond acceptors (Lipinski definition) is 2. The number of thiophene rings is 1. The summed E-state index contributed by atoms with van der Waals surface area (Å²) in [7, 11) is 0. The number of hydrogen-bond donors (Lipinski definition) is 0. The molecule has 1 fully saturated rings. The molecule has 0 amide bonds. The van der Waals surface area contributed by atoms with E-state index in [1.165, 1.54) is 33.7 Å². The second kappa shape index (κ2) is 4.69. The standard InChI is InChI=1S/C24H21NS/c1-23-15-24(23,2)25-20-11-7-6-10-17(20)18(16-8-4-3-5-9-16)14-21(25)22-19(23)12-13-26-22/h3-14,21H,15H2,1-2H3. The average molecular weight is 356 g/mol. The summed E-state index contributed by atoms with van der Waals surface area (Å²) in [6, 6.07) is 22.5. The molecule has 128 valence electrons. The Kier molecular flexibility index (Phi) is 2.67. The predicted octanol–water partition coefficient (Wildman–Crippen LogP) is 6.17. The highest BCUT2D eigenvalue weighted by Crippen LogP contribution is 2.69. The van der Waals surface area contributed by atoms with Crippen LogP contribution in [0.4, 0.5) is 5.69 Å². The van der Waals surface area contributed by atoms with Gasteiger partial charge < -0.3 is 4.90 Å². The molecule has 0 saturated heterocycles. The van der Waals surface area contributed by atoms with Crippen LogP contribution < -0.4 is 4.90 Å². The lowest BCUT2D eigenvalue weighted by Crippen LogP contribution is -2.47. The maximum Gasteiger partial charge on any atom is 0.0837 e. The van der Waals surface area contributed by atoms with Crippen LogP contribution in [0.25, 0.3) is 5.57 Å². The van der Waals surface area contributed by atoms with Gasteiger partial charge in [-0.25, -0.2) is 0 Å². The molecule has 0 N–H and O–H groups in total. The summed E-state index contributed by atoms with van der Waals surface area (Å²) in [6.45, 7) is 4.91. The van der Waals surface area contributed by atoms with E-state index in [0.717, 1.165) is 0 Å². The summed E-state index contributed by atoms with van der Waals surface area (Å²) in [5, 5.41) is 2.29. The van der Waals surface area contributed by atoms with Gasteiger partial charge >= 0.3 is 0 Å². The van der Waals surface area contributed by atoms with Gasteiger partial charge in [0.1, 0.15) is 0 Å². The zero-order valence-corrected chi connectivity index (χ0v) is 15.9. The minimum absolute atomic E-state index is 0.209. The van der Waals surface area contributed by atoms with Gasteiger partial charge in [-0.2, -0.15) is 0 Å². The summed E-state index contributed by atoms with van der Waals surface area (Å²) < 4.78 is 0. The molecule has 6 rings (SSSR count). The van der Waals surface area contributed by atoms with E-state index in [0.29, 0.717) is 6.04 Å². The van der Waals surface area contributed by atoms with E-state index < -0.39 is 0 Å². The van der Waals surface area contributed by atoms with Crippen LogP contribution in [0.15, 0.2) is 72.1 Å². The second-order valence-electron chi connectivity index (χ2n) is 8.26. The van der Waals surface area contributed by atoms with Crippen molar-refractivity contribution in [1.29, 1.82) is 0 Å². The van der Waals surface area contributed by atoms with Gasteiger partial charge in [0.05, 0.1) is 6.04 Å². The number of benzene rings is 2. The summed E-state index contributed by atoms with van der Waals surface area (Å²) in [5.41, 5.74) is 7.51. The average Bonchev–Trinajstić information content (AvgIpc) is 3.04. The van der Waals surface area contributed by atoms with E-state index in [4.69, 9.17) is 0 Å². The zero-order valence-electron chi connectivity index (χ0n) is 15.1. The molecule has 3 unspecified atom stereocenters. The summed E-state index contributed by atoms with van der Waals surface area (Å²) in [5.74, 6) is 0. The lowest BCUT2D eigenvalue weighted by atomic mass is 9.81. The highest BCUT2D eigenvalue weighted by atomic mass is 32.1. The van der Waals surface area contributed by atoms with E-state index in [2.05, 4.69) is 90.9 Å². The minimum Gasteiger partial charge on any atom is -0.353 e. The maximum absolute atomic E-state index is 2.72. The van der Waals surface area contributed by atoms with Crippen molar-refractivity contribution < 1.29 is 0 Å². The third kappa shape index (κ3) is 1.62. The van der Waals surface area contributed by atoms with Crippen LogP contribution >= 0.6 is 11.3 Å². The van der Waals surface area contributed by atoms with Crippen LogP contribution in [0.5, 0.6) is 0 Å². The molecule has 2 heteroatoms. The normalized spacial score (nSPS) is 30.6. The summed E-state index contributed by atoms with van der Waals surface area (Å²) in [4.78, 5) is 4.25. The Morgan fingerprint density at radius 2 is 1.73 bits per heavy atom. The zero-order chi connectivity index (χ0) is 17.5. The summed E-state index contributed by atoms with van der Waals surface area (Å²) >= 11 is 1.92. The molecule has 3 heterocycles. The molecule has 26 heavy (non-hydrogen) atoms. The molecule has 1 nitrogen and oxygen atoms in total. The monoisotopic (exact) mass is 355 g/mol. The van der Waals surface area contributed by atoms with Crippen molar-refractivity contribution in [1.82, 2.24) is 0 Å². The van der Waals surface area contributed by atoms with Crippen LogP contribution in [0.3, 0.4) is 0 Å². The molecule has 0 radical (unpaired) electrons. The van der Waals surface area contributed by atoms with Crippen LogP contribution in [0, 0.1) is 0 Å². The fourth-order valence-electron chi connectivity index (χ4n) is 5.41. The SMILES string of the molecule is CC12CC1(C)N1c3ccccc3C(c3ccccc3)=CC1c1sccc12. The largest absolute Gasteiger partial charge is 0.353 e. The highest BCUT2D eigenvalue weighted by Gasteiger charge is 2.70. The molecule has 0 bridgehead atoms. The number of anilines is 1. The van der Waals surface area contributed by atoms with Gasteiger partial charge in [0, 0.05) is 27.1 Å². The Morgan fingerprint density at radius 3 is 2.58 bits per heavy atom. The fourth-order valence-corrected chi connectivity index (χ4v) is 6.49. The number of fused-ring (bicyclic) bond motifs is 8. The molecule has 1 aliphatic carbocycles. The fraction of sp³-hybridized carbons (Fsp3) is 0.250. The molecule has 3 atom stereocenters. The number of nitrogens with zero attached hydrogens (tertiary/aromatic N) is 1. The van der Waals surface area contributed by atoms with Crippen molar-refractivity contribution in [3.05, 3.63) is 93.7 Å². The predicted molar refractivity (Wildman–Crippen MR) is 110 cm³/mol. The van der Waals surface area contributed by atoms with Gasteiger partial charge in [0.15, 0.2) is 0 Å². The van der Waals surface area contributed by atoms with Crippen LogP contribution in [0.1, 0.15) is 47.9 Å². The molecular weight excluding hydrogens is 334 g/mol. The van der Waals surface area contributed by atoms with Crippen molar-refractivity contribution in [3.8, 4) is 0 Å². The first-order valence-corrected chi connectivity index (χ1v) is 10.3. The third-order valence-electron chi connectivity index (χ3n) is 6.99. The van der Waals surface area contributed by atoms with Gasteiger partial charge in [0.2, 0.25) is 0 Å². The van der Waals surface area contributed by atoms with E-state index in [1.807, 2.05) is 11.3 Å². The smallest absolute Gasteiger partial charge is 0.0837 e. The van der Waals surface area contributed by atoms with Gasteiger partial charge in [-0.3, -0.25) is 0 Å². The number of rotatable bonds is 1. The van der Waals surface area contributed by atoms with E-state index in [9.17, 15) is 0 Å². The van der Waals surface area contributed by atoms with Crippen molar-refractivity contribution in [3.63, 3.8) is 0 Å². The Bertz CT molecular complexity index is 1060. The highest BCUT2D eigenvalue weighted by molar-refractivity contribution is 7.10. The molecule has 0 spiro atoms.